The van der Waals surface area contributed by atoms with Gasteiger partial charge in [-0.05, 0) is 24.3 Å². The number of aromatic nitrogens is 1. The molecule has 17 heavy (non-hydrogen) atoms. The van der Waals surface area contributed by atoms with Crippen LogP contribution in [0, 0.1) is 0 Å². The number of alkyl halides is 3. The molecule has 0 saturated heterocycles. The predicted octanol–water partition coefficient (Wildman–Crippen LogP) is 5.01. The Bertz CT molecular complexity index is 532. The molecule has 0 aliphatic heterocycles. The second kappa shape index (κ2) is 4.27. The third-order valence-electron chi connectivity index (χ3n) is 2.27. The quantitative estimate of drug-likeness (QED) is 0.756. The molecule has 1 nitrogen and oxygen atoms in total. The van der Waals surface area contributed by atoms with E-state index in [9.17, 15) is 13.2 Å². The highest BCUT2D eigenvalue weighted by Crippen LogP contribution is 2.42. The molecule has 0 aliphatic rings. The van der Waals surface area contributed by atoms with Gasteiger partial charge in [0.15, 0.2) is 0 Å². The van der Waals surface area contributed by atoms with Crippen molar-refractivity contribution in [3.05, 3.63) is 46.1 Å². The Morgan fingerprint density at radius 1 is 1.06 bits per heavy atom. The minimum absolute atomic E-state index is 0.0873. The number of aromatic amines is 1. The second-order valence-corrected chi connectivity index (χ2v) is 4.15. The van der Waals surface area contributed by atoms with Gasteiger partial charge in [-0.1, -0.05) is 23.2 Å². The summed E-state index contributed by atoms with van der Waals surface area (Å²) in [6, 6.07) is 5.16. The molecule has 2 rings (SSSR count). The standard InChI is InChI=1S/C11H6Cl2F3N/c12-7-4-3-6(11(14,15)16)9(10(7)13)8-2-1-5-17-8/h1-5,17H. The molecule has 0 spiro atoms. The Labute approximate surface area is 105 Å². The lowest BCUT2D eigenvalue weighted by Crippen LogP contribution is -2.07. The molecule has 0 radical (unpaired) electrons. The molecule has 0 aliphatic carbocycles. The van der Waals surface area contributed by atoms with Gasteiger partial charge in [0.25, 0.3) is 0 Å². The van der Waals surface area contributed by atoms with Crippen LogP contribution in [-0.2, 0) is 6.18 Å². The van der Waals surface area contributed by atoms with Crippen LogP contribution < -0.4 is 0 Å². The van der Waals surface area contributed by atoms with Gasteiger partial charge in [0.05, 0.1) is 15.6 Å². The average molecular weight is 280 g/mol. The number of halogens is 5. The minimum atomic E-state index is -4.48. The van der Waals surface area contributed by atoms with Crippen LogP contribution in [0.25, 0.3) is 11.3 Å². The minimum Gasteiger partial charge on any atom is -0.361 e. The van der Waals surface area contributed by atoms with Crippen LogP contribution in [0.4, 0.5) is 13.2 Å². The second-order valence-electron chi connectivity index (χ2n) is 3.37. The van der Waals surface area contributed by atoms with Gasteiger partial charge in [-0.15, -0.1) is 0 Å². The van der Waals surface area contributed by atoms with E-state index in [-0.39, 0.29) is 21.3 Å². The SMILES string of the molecule is FC(F)(F)c1ccc(Cl)c(Cl)c1-c1ccc[nH]1. The van der Waals surface area contributed by atoms with Crippen molar-refractivity contribution in [1.82, 2.24) is 4.98 Å². The fraction of sp³-hybridized carbons (Fsp3) is 0.0909. The molecule has 0 bridgehead atoms. The molecular weight excluding hydrogens is 274 g/mol. The lowest BCUT2D eigenvalue weighted by Gasteiger charge is -2.14. The number of H-pyrrole nitrogens is 1. The van der Waals surface area contributed by atoms with Crippen molar-refractivity contribution in [2.75, 3.05) is 0 Å². The highest BCUT2D eigenvalue weighted by molar-refractivity contribution is 6.43. The summed E-state index contributed by atoms with van der Waals surface area (Å²) in [5.41, 5.74) is -0.657. The van der Waals surface area contributed by atoms with Crippen molar-refractivity contribution >= 4 is 23.2 Å². The first-order chi connectivity index (χ1) is 7.91. The molecule has 1 N–H and O–H groups in total. The zero-order chi connectivity index (χ0) is 12.6. The maximum Gasteiger partial charge on any atom is 0.417 e. The van der Waals surface area contributed by atoms with E-state index in [0.29, 0.717) is 0 Å². The van der Waals surface area contributed by atoms with Gasteiger partial charge >= 0.3 is 6.18 Å². The van der Waals surface area contributed by atoms with Crippen molar-refractivity contribution in [1.29, 1.82) is 0 Å². The summed E-state index contributed by atoms with van der Waals surface area (Å²) >= 11 is 11.6. The molecule has 0 atom stereocenters. The first kappa shape index (κ1) is 12.3. The zero-order valence-corrected chi connectivity index (χ0v) is 9.79. The monoisotopic (exact) mass is 279 g/mol. The van der Waals surface area contributed by atoms with E-state index in [1.807, 2.05) is 0 Å². The summed E-state index contributed by atoms with van der Waals surface area (Å²) in [5.74, 6) is 0. The number of benzene rings is 1. The Morgan fingerprint density at radius 3 is 2.29 bits per heavy atom. The van der Waals surface area contributed by atoms with Crippen molar-refractivity contribution in [2.24, 2.45) is 0 Å². The lowest BCUT2D eigenvalue weighted by atomic mass is 10.0. The summed E-state index contributed by atoms with van der Waals surface area (Å²) in [7, 11) is 0. The lowest BCUT2D eigenvalue weighted by molar-refractivity contribution is -0.137. The Balaban J connectivity index is 2.74. The number of rotatable bonds is 1. The molecule has 2 aromatic rings. The van der Waals surface area contributed by atoms with E-state index in [2.05, 4.69) is 4.98 Å². The van der Waals surface area contributed by atoms with E-state index < -0.39 is 11.7 Å². The van der Waals surface area contributed by atoms with Gasteiger partial charge in [-0.2, -0.15) is 13.2 Å². The maximum atomic E-state index is 12.8. The zero-order valence-electron chi connectivity index (χ0n) is 8.28. The maximum absolute atomic E-state index is 12.8. The number of hydrogen-bond acceptors (Lipinski definition) is 0. The molecule has 0 fully saturated rings. The first-order valence-corrected chi connectivity index (χ1v) is 5.36. The molecule has 6 heteroatoms. The van der Waals surface area contributed by atoms with Crippen molar-refractivity contribution in [2.45, 2.75) is 6.18 Å². The fourth-order valence-electron chi connectivity index (χ4n) is 1.54. The van der Waals surface area contributed by atoms with E-state index in [0.717, 1.165) is 12.1 Å². The van der Waals surface area contributed by atoms with Crippen LogP contribution in [-0.4, -0.2) is 4.98 Å². The molecule has 0 saturated carbocycles. The molecular formula is C11H6Cl2F3N. The van der Waals surface area contributed by atoms with Gasteiger partial charge in [-0.3, -0.25) is 0 Å². The fourth-order valence-corrected chi connectivity index (χ4v) is 1.96. The van der Waals surface area contributed by atoms with Crippen molar-refractivity contribution < 1.29 is 13.2 Å². The average Bonchev–Trinajstić information content (AvgIpc) is 2.73. The van der Waals surface area contributed by atoms with Crippen LogP contribution in [0.3, 0.4) is 0 Å². The highest BCUT2D eigenvalue weighted by atomic mass is 35.5. The van der Waals surface area contributed by atoms with Gasteiger partial charge in [0, 0.05) is 17.5 Å². The first-order valence-electron chi connectivity index (χ1n) is 4.60. The smallest absolute Gasteiger partial charge is 0.361 e. The summed E-state index contributed by atoms with van der Waals surface area (Å²) in [6.07, 6.45) is -2.96. The van der Waals surface area contributed by atoms with Crippen molar-refractivity contribution in [3.63, 3.8) is 0 Å². The molecule has 0 unspecified atom stereocenters. The number of hydrogen-bond donors (Lipinski definition) is 1. The highest BCUT2D eigenvalue weighted by Gasteiger charge is 2.35. The van der Waals surface area contributed by atoms with Gasteiger partial charge in [-0.25, -0.2) is 0 Å². The topological polar surface area (TPSA) is 15.8 Å². The van der Waals surface area contributed by atoms with E-state index in [1.165, 1.54) is 12.3 Å². The van der Waals surface area contributed by atoms with E-state index in [1.54, 1.807) is 6.07 Å². The molecule has 1 heterocycles. The van der Waals surface area contributed by atoms with E-state index in [4.69, 9.17) is 23.2 Å². The van der Waals surface area contributed by atoms with Gasteiger partial charge in [0.1, 0.15) is 0 Å². The molecule has 1 aromatic heterocycles. The molecule has 0 amide bonds. The van der Waals surface area contributed by atoms with E-state index >= 15 is 0 Å². The van der Waals surface area contributed by atoms with Crippen LogP contribution in [0.5, 0.6) is 0 Å². The van der Waals surface area contributed by atoms with Crippen LogP contribution in [0.1, 0.15) is 5.56 Å². The van der Waals surface area contributed by atoms with Crippen LogP contribution in [0.15, 0.2) is 30.5 Å². The summed E-state index contributed by atoms with van der Waals surface area (Å²) < 4.78 is 38.5. The largest absolute Gasteiger partial charge is 0.417 e. The van der Waals surface area contributed by atoms with Crippen molar-refractivity contribution in [3.8, 4) is 11.3 Å². The van der Waals surface area contributed by atoms with Gasteiger partial charge < -0.3 is 4.98 Å². The van der Waals surface area contributed by atoms with Crippen LogP contribution >= 0.6 is 23.2 Å². The Morgan fingerprint density at radius 2 is 1.76 bits per heavy atom. The third kappa shape index (κ3) is 2.28. The Kier molecular flexibility index (Phi) is 3.10. The summed E-state index contributed by atoms with van der Waals surface area (Å²) in [4.78, 5) is 2.69. The Hall–Kier alpha value is -1.13. The molecule has 90 valence electrons. The van der Waals surface area contributed by atoms with Gasteiger partial charge in [0.2, 0.25) is 0 Å². The summed E-state index contributed by atoms with van der Waals surface area (Å²) in [6.45, 7) is 0. The van der Waals surface area contributed by atoms with Crippen LogP contribution in [0.2, 0.25) is 10.0 Å². The number of nitrogens with one attached hydrogen (secondary N) is 1. The molecule has 1 aromatic carbocycles. The predicted molar refractivity (Wildman–Crippen MR) is 61.3 cm³/mol. The normalized spacial score (nSPS) is 11.8. The summed E-state index contributed by atoms with van der Waals surface area (Å²) in [5, 5.41) is -0.0202. The third-order valence-corrected chi connectivity index (χ3v) is 3.07.